The average molecular weight is 384 g/mol. The smallest absolute Gasteiger partial charge is 0.259 e. The van der Waals surface area contributed by atoms with Crippen LogP contribution < -0.4 is 0 Å². The Morgan fingerprint density at radius 1 is 1.17 bits per heavy atom. The molecule has 0 amide bonds. The topological polar surface area (TPSA) is 69.6 Å². The van der Waals surface area contributed by atoms with Crippen LogP contribution in [0.4, 0.5) is 0 Å². The van der Waals surface area contributed by atoms with E-state index in [0.29, 0.717) is 11.7 Å². The molecule has 0 N–H and O–H groups in total. The molecule has 0 saturated heterocycles. The van der Waals surface area contributed by atoms with E-state index in [9.17, 15) is 0 Å². The molecule has 7 heteroatoms. The largest absolute Gasteiger partial charge is 0.334 e. The van der Waals surface area contributed by atoms with Crippen LogP contribution in [0.15, 0.2) is 51.5 Å². The van der Waals surface area contributed by atoms with Crippen molar-refractivity contribution in [3.05, 3.63) is 46.9 Å². The quantitative estimate of drug-likeness (QED) is 0.524. The summed E-state index contributed by atoms with van der Waals surface area (Å²) in [5, 5.41) is 12.5. The number of rotatable bonds is 4. The normalized spacial score (nSPS) is 11.2. The van der Waals surface area contributed by atoms with Gasteiger partial charge in [-0.2, -0.15) is 4.98 Å². The van der Waals surface area contributed by atoms with E-state index in [1.54, 1.807) is 0 Å². The Labute approximate surface area is 146 Å². The summed E-state index contributed by atoms with van der Waals surface area (Å²) in [6.07, 6.45) is 1.01. The molecule has 0 fully saturated rings. The molecule has 0 aliphatic rings. The summed E-state index contributed by atoms with van der Waals surface area (Å²) < 4.78 is 8.23. The lowest BCUT2D eigenvalue weighted by Gasteiger charge is -1.99. The lowest BCUT2D eigenvalue weighted by molar-refractivity contribution is 0.432. The monoisotopic (exact) mass is 383 g/mol. The van der Waals surface area contributed by atoms with Crippen molar-refractivity contribution in [3.8, 4) is 22.8 Å². The van der Waals surface area contributed by atoms with Gasteiger partial charge in [0, 0.05) is 16.6 Å². The summed E-state index contributed by atoms with van der Waals surface area (Å²) in [5.41, 5.74) is 3.56. The molecule has 4 rings (SSSR count). The van der Waals surface area contributed by atoms with Crippen LogP contribution in [0.3, 0.4) is 0 Å². The molecule has 2 heterocycles. The summed E-state index contributed by atoms with van der Waals surface area (Å²) in [6.45, 7) is 2.97. The fraction of sp³-hybridized carbons (Fsp3) is 0.176. The Kier molecular flexibility index (Phi) is 3.86. The number of fused-ring (bicyclic) bond motifs is 1. The molecular formula is C17H14BrN5O. The minimum atomic E-state index is 0.479. The summed E-state index contributed by atoms with van der Waals surface area (Å²) in [6, 6.07) is 13.6. The Balaban J connectivity index is 1.72. The van der Waals surface area contributed by atoms with Crippen LogP contribution in [0.1, 0.15) is 13.3 Å². The molecule has 0 aliphatic heterocycles. The third-order valence-electron chi connectivity index (χ3n) is 3.74. The molecule has 6 nitrogen and oxygen atoms in total. The number of benzene rings is 2. The van der Waals surface area contributed by atoms with Gasteiger partial charge < -0.3 is 4.52 Å². The van der Waals surface area contributed by atoms with E-state index in [1.165, 1.54) is 0 Å². The van der Waals surface area contributed by atoms with Gasteiger partial charge in [-0.25, -0.2) is 4.68 Å². The molecule has 0 saturated carbocycles. The highest BCUT2D eigenvalue weighted by molar-refractivity contribution is 9.10. The van der Waals surface area contributed by atoms with Crippen molar-refractivity contribution >= 4 is 27.0 Å². The number of hydrogen-bond acceptors (Lipinski definition) is 5. The molecule has 120 valence electrons. The second-order valence-electron chi connectivity index (χ2n) is 5.42. The maximum absolute atomic E-state index is 5.41. The average Bonchev–Trinajstić information content (AvgIpc) is 3.23. The van der Waals surface area contributed by atoms with Crippen LogP contribution in [0, 0.1) is 0 Å². The zero-order valence-corrected chi connectivity index (χ0v) is 14.6. The van der Waals surface area contributed by atoms with E-state index < -0.39 is 0 Å². The van der Waals surface area contributed by atoms with E-state index in [4.69, 9.17) is 4.52 Å². The highest BCUT2D eigenvalue weighted by Crippen LogP contribution is 2.29. The van der Waals surface area contributed by atoms with Gasteiger partial charge >= 0.3 is 0 Å². The van der Waals surface area contributed by atoms with Crippen LogP contribution in [0.25, 0.3) is 33.9 Å². The van der Waals surface area contributed by atoms with Gasteiger partial charge in [-0.05, 0) is 52.7 Å². The van der Waals surface area contributed by atoms with Crippen molar-refractivity contribution in [1.82, 2.24) is 25.1 Å². The number of halogens is 1. The molecule has 0 radical (unpaired) electrons. The number of hydrogen-bond donors (Lipinski definition) is 0. The van der Waals surface area contributed by atoms with Gasteiger partial charge in [-0.3, -0.25) is 0 Å². The third kappa shape index (κ3) is 2.60. The Morgan fingerprint density at radius 3 is 2.88 bits per heavy atom. The standard InChI is InChI=1S/C17H14BrN5O/c1-2-9-23-15-8-7-11(10-14(15)20-22-23)16-19-17(24-21-16)12-5-3-4-6-13(12)18/h3-8,10H,2,9H2,1H3. The predicted molar refractivity (Wildman–Crippen MR) is 94.2 cm³/mol. The third-order valence-corrected chi connectivity index (χ3v) is 4.43. The van der Waals surface area contributed by atoms with Gasteiger partial charge in [0.05, 0.1) is 11.1 Å². The first-order valence-electron chi connectivity index (χ1n) is 7.68. The van der Waals surface area contributed by atoms with E-state index in [0.717, 1.165) is 39.6 Å². The van der Waals surface area contributed by atoms with Crippen LogP contribution in [0.2, 0.25) is 0 Å². The van der Waals surface area contributed by atoms with Crippen molar-refractivity contribution in [3.63, 3.8) is 0 Å². The maximum atomic E-state index is 5.41. The second-order valence-corrected chi connectivity index (χ2v) is 6.27. The first-order valence-corrected chi connectivity index (χ1v) is 8.48. The minimum absolute atomic E-state index is 0.479. The molecule has 2 aromatic carbocycles. The van der Waals surface area contributed by atoms with Crippen molar-refractivity contribution in [2.24, 2.45) is 0 Å². The van der Waals surface area contributed by atoms with Crippen molar-refractivity contribution in [1.29, 1.82) is 0 Å². The summed E-state index contributed by atoms with van der Waals surface area (Å²) in [7, 11) is 0. The Hall–Kier alpha value is -2.54. The molecule has 0 atom stereocenters. The molecule has 0 bridgehead atoms. The highest BCUT2D eigenvalue weighted by Gasteiger charge is 2.14. The predicted octanol–water partition coefficient (Wildman–Crippen LogP) is 4.32. The second kappa shape index (κ2) is 6.16. The fourth-order valence-electron chi connectivity index (χ4n) is 2.57. The molecular weight excluding hydrogens is 370 g/mol. The van der Waals surface area contributed by atoms with Crippen molar-refractivity contribution < 1.29 is 4.52 Å². The lowest BCUT2D eigenvalue weighted by Crippen LogP contribution is -1.98. The fourth-order valence-corrected chi connectivity index (χ4v) is 3.03. The SMILES string of the molecule is CCCn1nnc2cc(-c3noc(-c4ccccc4Br)n3)ccc21. The van der Waals surface area contributed by atoms with Gasteiger partial charge in [0.15, 0.2) is 0 Å². The zero-order chi connectivity index (χ0) is 16.5. The van der Waals surface area contributed by atoms with E-state index >= 15 is 0 Å². The summed E-state index contributed by atoms with van der Waals surface area (Å²) >= 11 is 3.50. The number of nitrogens with zero attached hydrogens (tertiary/aromatic N) is 5. The minimum Gasteiger partial charge on any atom is -0.334 e. The Bertz CT molecular complexity index is 1010. The van der Waals surface area contributed by atoms with Crippen LogP contribution in [0.5, 0.6) is 0 Å². The van der Waals surface area contributed by atoms with Gasteiger partial charge in [-0.15, -0.1) is 5.10 Å². The van der Waals surface area contributed by atoms with Crippen molar-refractivity contribution in [2.45, 2.75) is 19.9 Å². The van der Waals surface area contributed by atoms with Gasteiger partial charge in [-0.1, -0.05) is 29.4 Å². The zero-order valence-electron chi connectivity index (χ0n) is 13.0. The number of aryl methyl sites for hydroxylation is 1. The van der Waals surface area contributed by atoms with Gasteiger partial charge in [0.25, 0.3) is 5.89 Å². The first-order chi connectivity index (χ1) is 11.8. The van der Waals surface area contributed by atoms with Crippen LogP contribution in [-0.4, -0.2) is 25.1 Å². The van der Waals surface area contributed by atoms with Gasteiger partial charge in [0.2, 0.25) is 5.82 Å². The van der Waals surface area contributed by atoms with E-state index in [2.05, 4.69) is 43.3 Å². The number of aromatic nitrogens is 5. The summed E-state index contributed by atoms with van der Waals surface area (Å²) in [4.78, 5) is 4.50. The van der Waals surface area contributed by atoms with Gasteiger partial charge in [0.1, 0.15) is 5.52 Å². The first kappa shape index (κ1) is 15.0. The lowest BCUT2D eigenvalue weighted by atomic mass is 10.2. The molecule has 4 aromatic rings. The Morgan fingerprint density at radius 2 is 2.04 bits per heavy atom. The maximum Gasteiger partial charge on any atom is 0.259 e. The molecule has 24 heavy (non-hydrogen) atoms. The van der Waals surface area contributed by atoms with Crippen LogP contribution in [-0.2, 0) is 6.54 Å². The summed E-state index contributed by atoms with van der Waals surface area (Å²) in [5.74, 6) is 1.01. The molecule has 2 aromatic heterocycles. The molecule has 0 spiro atoms. The van der Waals surface area contributed by atoms with Crippen molar-refractivity contribution in [2.75, 3.05) is 0 Å². The molecule has 0 unspecified atom stereocenters. The van der Waals surface area contributed by atoms with Crippen LogP contribution >= 0.6 is 15.9 Å². The molecule has 0 aliphatic carbocycles. The van der Waals surface area contributed by atoms with E-state index in [1.807, 2.05) is 47.1 Å². The highest BCUT2D eigenvalue weighted by atomic mass is 79.9. The van der Waals surface area contributed by atoms with E-state index in [-0.39, 0.29) is 0 Å².